The topological polar surface area (TPSA) is 77.2 Å². The number of carbonyl (C=O) groups excluding carboxylic acids is 2. The molecule has 2 heterocycles. The molecule has 0 bridgehead atoms. The molecule has 0 radical (unpaired) electrons. The van der Waals surface area contributed by atoms with Crippen molar-refractivity contribution < 1.29 is 9.59 Å². The maximum absolute atomic E-state index is 12.8. The van der Waals surface area contributed by atoms with Crippen LogP contribution in [0.4, 0.5) is 5.69 Å². The minimum absolute atomic E-state index is 0.0829. The standard InChI is InChI=1S/C23H30N4O2.C2H6/c1-6-27(7-2)12-11-24-23(29)21-15(4)19(25-16(21)5)13-17-20-14(3)9-8-10-18(20)26-22(17)28;1-2/h8-10,13,25H,6-7,11-12H2,1-5H3,(H,24,29)(H,26,28);1-2H3/b17-13-;. The van der Waals surface area contributed by atoms with E-state index in [2.05, 4.69) is 34.4 Å². The Labute approximate surface area is 186 Å². The molecule has 31 heavy (non-hydrogen) atoms. The molecule has 6 nitrogen and oxygen atoms in total. The highest BCUT2D eigenvalue weighted by molar-refractivity contribution is 6.35. The highest BCUT2D eigenvalue weighted by Crippen LogP contribution is 2.36. The molecule has 168 valence electrons. The van der Waals surface area contributed by atoms with Crippen LogP contribution in [-0.2, 0) is 4.79 Å². The van der Waals surface area contributed by atoms with Gasteiger partial charge in [-0.25, -0.2) is 0 Å². The van der Waals surface area contributed by atoms with Crippen LogP contribution in [0.2, 0.25) is 0 Å². The van der Waals surface area contributed by atoms with Gasteiger partial charge < -0.3 is 20.5 Å². The number of fused-ring (bicyclic) bond motifs is 1. The van der Waals surface area contributed by atoms with Gasteiger partial charge in [-0.15, -0.1) is 0 Å². The predicted octanol–water partition coefficient (Wildman–Crippen LogP) is 4.53. The van der Waals surface area contributed by atoms with E-state index in [4.69, 9.17) is 0 Å². The van der Waals surface area contributed by atoms with Crippen molar-refractivity contribution in [2.75, 3.05) is 31.5 Å². The van der Waals surface area contributed by atoms with Gasteiger partial charge in [-0.2, -0.15) is 0 Å². The van der Waals surface area contributed by atoms with Crippen molar-refractivity contribution in [3.63, 3.8) is 0 Å². The van der Waals surface area contributed by atoms with Crippen LogP contribution in [0.25, 0.3) is 11.6 Å². The van der Waals surface area contributed by atoms with Crippen molar-refractivity contribution in [1.82, 2.24) is 15.2 Å². The first-order valence-corrected chi connectivity index (χ1v) is 11.2. The molecule has 2 aromatic rings. The number of H-pyrrole nitrogens is 1. The zero-order valence-corrected chi connectivity index (χ0v) is 19.9. The summed E-state index contributed by atoms with van der Waals surface area (Å²) in [5.74, 6) is -0.202. The van der Waals surface area contributed by atoms with E-state index in [1.165, 1.54) is 0 Å². The molecule has 1 aromatic heterocycles. The number of aromatic nitrogens is 1. The van der Waals surface area contributed by atoms with Gasteiger partial charge in [-0.05, 0) is 57.1 Å². The normalized spacial score (nSPS) is 13.7. The monoisotopic (exact) mass is 424 g/mol. The fraction of sp³-hybridized carbons (Fsp3) is 0.440. The van der Waals surface area contributed by atoms with Crippen molar-refractivity contribution in [2.45, 2.75) is 48.5 Å². The second-order valence-electron chi connectivity index (χ2n) is 7.46. The number of amides is 2. The van der Waals surface area contributed by atoms with E-state index in [-0.39, 0.29) is 11.8 Å². The number of hydrogen-bond acceptors (Lipinski definition) is 3. The Bertz CT molecular complexity index is 968. The number of nitrogens with zero attached hydrogens (tertiary/aromatic N) is 1. The predicted molar refractivity (Wildman–Crippen MR) is 129 cm³/mol. The lowest BCUT2D eigenvalue weighted by molar-refractivity contribution is -0.110. The molecule has 0 saturated heterocycles. The largest absolute Gasteiger partial charge is 0.358 e. The number of hydrogen-bond donors (Lipinski definition) is 3. The Hall–Kier alpha value is -2.86. The summed E-state index contributed by atoms with van der Waals surface area (Å²) in [5, 5.41) is 5.94. The van der Waals surface area contributed by atoms with Crippen molar-refractivity contribution >= 4 is 29.2 Å². The van der Waals surface area contributed by atoms with Gasteiger partial charge in [0, 0.05) is 35.7 Å². The van der Waals surface area contributed by atoms with Crippen LogP contribution in [0.5, 0.6) is 0 Å². The fourth-order valence-corrected chi connectivity index (χ4v) is 3.93. The van der Waals surface area contributed by atoms with Gasteiger partial charge in [-0.3, -0.25) is 9.59 Å². The van der Waals surface area contributed by atoms with Crippen LogP contribution in [0.1, 0.15) is 66.1 Å². The number of benzene rings is 1. The molecular weight excluding hydrogens is 388 g/mol. The fourth-order valence-electron chi connectivity index (χ4n) is 3.93. The van der Waals surface area contributed by atoms with Crippen molar-refractivity contribution in [2.24, 2.45) is 0 Å². The Kier molecular flexibility index (Phi) is 8.63. The van der Waals surface area contributed by atoms with E-state index >= 15 is 0 Å². The molecule has 0 atom stereocenters. The van der Waals surface area contributed by atoms with Gasteiger partial charge >= 0.3 is 0 Å². The lowest BCUT2D eigenvalue weighted by atomic mass is 9.99. The quantitative estimate of drug-likeness (QED) is 0.572. The molecule has 1 aromatic carbocycles. The van der Waals surface area contributed by atoms with E-state index in [1.54, 1.807) is 0 Å². The molecule has 0 unspecified atom stereocenters. The Morgan fingerprint density at radius 3 is 2.45 bits per heavy atom. The maximum Gasteiger partial charge on any atom is 0.256 e. The molecular formula is C25H36N4O2. The lowest BCUT2D eigenvalue weighted by Crippen LogP contribution is -2.35. The van der Waals surface area contributed by atoms with Crippen LogP contribution < -0.4 is 10.6 Å². The summed E-state index contributed by atoms with van der Waals surface area (Å²) in [6, 6.07) is 5.83. The van der Waals surface area contributed by atoms with E-state index < -0.39 is 0 Å². The Balaban J connectivity index is 0.00000166. The summed E-state index contributed by atoms with van der Waals surface area (Å²) in [6.07, 6.45) is 1.85. The minimum atomic E-state index is -0.119. The Morgan fingerprint density at radius 1 is 1.13 bits per heavy atom. The zero-order chi connectivity index (χ0) is 23.1. The minimum Gasteiger partial charge on any atom is -0.358 e. The molecule has 3 rings (SSSR count). The first-order valence-electron chi connectivity index (χ1n) is 11.2. The van der Waals surface area contributed by atoms with Gasteiger partial charge in [0.05, 0.1) is 11.1 Å². The van der Waals surface area contributed by atoms with Gasteiger partial charge in [0.1, 0.15) is 0 Å². The molecule has 6 heteroatoms. The number of rotatable bonds is 7. The number of likely N-dealkylation sites (N-methyl/N-ethyl adjacent to an activating group) is 1. The van der Waals surface area contributed by atoms with Gasteiger partial charge in [0.15, 0.2) is 0 Å². The average molecular weight is 425 g/mol. The summed E-state index contributed by atoms with van der Waals surface area (Å²) >= 11 is 0. The third kappa shape index (κ3) is 5.25. The summed E-state index contributed by atoms with van der Waals surface area (Å²) in [5.41, 5.74) is 6.52. The molecule has 3 N–H and O–H groups in total. The second-order valence-corrected chi connectivity index (χ2v) is 7.46. The third-order valence-corrected chi connectivity index (χ3v) is 5.63. The molecule has 0 spiro atoms. The van der Waals surface area contributed by atoms with Gasteiger partial charge in [-0.1, -0.05) is 39.8 Å². The van der Waals surface area contributed by atoms with E-state index in [0.717, 1.165) is 53.4 Å². The third-order valence-electron chi connectivity index (χ3n) is 5.63. The second kappa shape index (κ2) is 11.0. The number of aryl methyl sites for hydroxylation is 2. The molecule has 0 fully saturated rings. The van der Waals surface area contributed by atoms with E-state index in [0.29, 0.717) is 17.7 Å². The summed E-state index contributed by atoms with van der Waals surface area (Å²) in [6.45, 7) is 17.4. The van der Waals surface area contributed by atoms with Crippen molar-refractivity contribution in [3.8, 4) is 0 Å². The first kappa shape index (κ1) is 24.4. The van der Waals surface area contributed by atoms with Crippen LogP contribution in [0.15, 0.2) is 18.2 Å². The lowest BCUT2D eigenvalue weighted by Gasteiger charge is -2.18. The highest BCUT2D eigenvalue weighted by Gasteiger charge is 2.26. The van der Waals surface area contributed by atoms with Crippen molar-refractivity contribution in [3.05, 3.63) is 51.8 Å². The number of carbonyl (C=O) groups is 2. The molecule has 0 saturated carbocycles. The van der Waals surface area contributed by atoms with Gasteiger partial charge in [0.2, 0.25) is 0 Å². The van der Waals surface area contributed by atoms with Gasteiger partial charge in [0.25, 0.3) is 11.8 Å². The molecule has 0 aliphatic carbocycles. The summed E-state index contributed by atoms with van der Waals surface area (Å²) in [7, 11) is 0. The number of nitrogens with one attached hydrogen (secondary N) is 3. The summed E-state index contributed by atoms with van der Waals surface area (Å²) in [4.78, 5) is 30.8. The van der Waals surface area contributed by atoms with Crippen LogP contribution >= 0.6 is 0 Å². The Morgan fingerprint density at radius 2 is 1.81 bits per heavy atom. The highest BCUT2D eigenvalue weighted by atomic mass is 16.2. The zero-order valence-electron chi connectivity index (χ0n) is 19.9. The SMILES string of the molecule is CC.CCN(CC)CCNC(=O)c1c(C)[nH]c(/C=C2\C(=O)Nc3cccc(C)c32)c1C. The maximum atomic E-state index is 12.8. The van der Waals surface area contributed by atoms with Crippen LogP contribution in [0.3, 0.4) is 0 Å². The molecule has 1 aliphatic rings. The number of anilines is 1. The van der Waals surface area contributed by atoms with E-state index in [9.17, 15) is 9.59 Å². The molecule has 1 aliphatic heterocycles. The smallest absolute Gasteiger partial charge is 0.256 e. The van der Waals surface area contributed by atoms with Crippen molar-refractivity contribution in [1.29, 1.82) is 0 Å². The average Bonchev–Trinajstić information content (AvgIpc) is 3.23. The number of aromatic amines is 1. The van der Waals surface area contributed by atoms with Crippen LogP contribution in [-0.4, -0.2) is 47.9 Å². The summed E-state index contributed by atoms with van der Waals surface area (Å²) < 4.78 is 0. The molecule has 2 amide bonds. The van der Waals surface area contributed by atoms with Crippen LogP contribution in [0, 0.1) is 20.8 Å². The first-order chi connectivity index (χ1) is 14.9. The van der Waals surface area contributed by atoms with E-state index in [1.807, 2.05) is 58.9 Å².